The molecule has 0 spiro atoms. The maximum absolute atomic E-state index is 10.2. The van der Waals surface area contributed by atoms with E-state index >= 15 is 0 Å². The van der Waals surface area contributed by atoms with E-state index in [9.17, 15) is 10.2 Å². The predicted molar refractivity (Wildman–Crippen MR) is 72.9 cm³/mol. The summed E-state index contributed by atoms with van der Waals surface area (Å²) in [6.45, 7) is 1.88. The van der Waals surface area contributed by atoms with Gasteiger partial charge in [0.25, 0.3) is 0 Å². The zero-order valence-corrected chi connectivity index (χ0v) is 12.2. The van der Waals surface area contributed by atoms with Crippen LogP contribution in [0.3, 0.4) is 0 Å². The van der Waals surface area contributed by atoms with Crippen molar-refractivity contribution in [3.63, 3.8) is 0 Å². The molecule has 0 bridgehead atoms. The van der Waals surface area contributed by atoms with Crippen LogP contribution in [0.25, 0.3) is 11.2 Å². The van der Waals surface area contributed by atoms with Gasteiger partial charge in [0.15, 0.2) is 17.0 Å². The molecule has 0 unspecified atom stereocenters. The lowest BCUT2D eigenvalue weighted by Gasteiger charge is -2.16. The Morgan fingerprint density at radius 3 is 2.86 bits per heavy atom. The second-order valence-electron chi connectivity index (χ2n) is 4.89. The highest BCUT2D eigenvalue weighted by Gasteiger charge is 2.44. The van der Waals surface area contributed by atoms with Gasteiger partial charge in [0, 0.05) is 7.11 Å². The summed E-state index contributed by atoms with van der Waals surface area (Å²) in [7, 11) is 1.50. The van der Waals surface area contributed by atoms with Gasteiger partial charge in [-0.3, -0.25) is 4.57 Å². The van der Waals surface area contributed by atoms with Gasteiger partial charge in [-0.2, -0.15) is 0 Å². The summed E-state index contributed by atoms with van der Waals surface area (Å²) in [5.74, 6) is 0.482. The standard InChI is InChI=1S/C12H15ClN4O4/c1-5-15-10(13)7-11(16-5)17(4-14-7)12-9(19)8(18)6(21-12)3-20-2/h4,6,8-9,12,18-19H,3H2,1-2H3/t6-,8-,9-,12-/m1/s1. The molecule has 2 N–H and O–H groups in total. The van der Waals surface area contributed by atoms with E-state index in [0.717, 1.165) is 0 Å². The lowest BCUT2D eigenvalue weighted by Crippen LogP contribution is -2.33. The second kappa shape index (κ2) is 5.47. The topological polar surface area (TPSA) is 103 Å². The number of aryl methyl sites for hydroxylation is 1. The minimum atomic E-state index is -1.11. The van der Waals surface area contributed by atoms with Crippen molar-refractivity contribution in [2.24, 2.45) is 0 Å². The molecule has 2 aromatic heterocycles. The first-order valence-electron chi connectivity index (χ1n) is 6.40. The fourth-order valence-electron chi connectivity index (χ4n) is 2.43. The SMILES string of the molecule is COC[C@H]1O[C@@H](n2cnc3c(Cl)nc(C)nc32)[C@H](O)[C@@H]1O. The minimum Gasteiger partial charge on any atom is -0.387 e. The number of aliphatic hydroxyl groups excluding tert-OH is 2. The number of halogens is 1. The first-order valence-corrected chi connectivity index (χ1v) is 6.78. The first kappa shape index (κ1) is 14.6. The average molecular weight is 315 g/mol. The molecule has 3 heterocycles. The highest BCUT2D eigenvalue weighted by Crippen LogP contribution is 2.32. The largest absolute Gasteiger partial charge is 0.387 e. The zero-order valence-electron chi connectivity index (χ0n) is 11.5. The molecule has 1 fully saturated rings. The number of nitrogens with zero attached hydrogens (tertiary/aromatic N) is 4. The summed E-state index contributed by atoms with van der Waals surface area (Å²) < 4.78 is 12.2. The van der Waals surface area contributed by atoms with E-state index in [4.69, 9.17) is 21.1 Å². The summed E-state index contributed by atoms with van der Waals surface area (Å²) in [6, 6.07) is 0. The normalized spacial score (nSPS) is 29.4. The number of rotatable bonds is 3. The van der Waals surface area contributed by atoms with Gasteiger partial charge in [0.1, 0.15) is 29.7 Å². The Labute approximate surface area is 125 Å². The number of aromatic nitrogens is 4. The van der Waals surface area contributed by atoms with E-state index in [1.54, 1.807) is 11.5 Å². The molecule has 9 heteroatoms. The smallest absolute Gasteiger partial charge is 0.167 e. The van der Waals surface area contributed by atoms with E-state index in [0.29, 0.717) is 17.0 Å². The van der Waals surface area contributed by atoms with E-state index in [1.165, 1.54) is 13.4 Å². The van der Waals surface area contributed by atoms with Crippen LogP contribution in [0.1, 0.15) is 12.1 Å². The van der Waals surface area contributed by atoms with E-state index in [-0.39, 0.29) is 11.8 Å². The third-order valence-electron chi connectivity index (χ3n) is 3.43. The van der Waals surface area contributed by atoms with Gasteiger partial charge < -0.3 is 19.7 Å². The second-order valence-corrected chi connectivity index (χ2v) is 5.25. The Morgan fingerprint density at radius 1 is 1.38 bits per heavy atom. The molecule has 0 saturated carbocycles. The lowest BCUT2D eigenvalue weighted by molar-refractivity contribution is -0.0580. The zero-order chi connectivity index (χ0) is 15.1. The van der Waals surface area contributed by atoms with Crippen LogP contribution >= 0.6 is 11.6 Å². The maximum Gasteiger partial charge on any atom is 0.167 e. The van der Waals surface area contributed by atoms with Crippen molar-refractivity contribution < 1.29 is 19.7 Å². The highest BCUT2D eigenvalue weighted by atomic mass is 35.5. The van der Waals surface area contributed by atoms with Gasteiger partial charge in [-0.1, -0.05) is 11.6 Å². The van der Waals surface area contributed by atoms with Crippen LogP contribution < -0.4 is 0 Å². The van der Waals surface area contributed by atoms with Gasteiger partial charge in [-0.25, -0.2) is 15.0 Å². The van der Waals surface area contributed by atoms with Gasteiger partial charge in [-0.15, -0.1) is 0 Å². The monoisotopic (exact) mass is 314 g/mol. The number of aliphatic hydroxyl groups is 2. The number of fused-ring (bicyclic) bond motifs is 1. The number of imidazole rings is 1. The summed E-state index contributed by atoms with van der Waals surface area (Å²) >= 11 is 6.03. The van der Waals surface area contributed by atoms with E-state index < -0.39 is 24.5 Å². The summed E-state index contributed by atoms with van der Waals surface area (Å²) in [5.41, 5.74) is 0.865. The summed E-state index contributed by atoms with van der Waals surface area (Å²) in [5, 5.41) is 20.4. The molecule has 21 heavy (non-hydrogen) atoms. The molecular formula is C12H15ClN4O4. The maximum atomic E-state index is 10.2. The molecule has 0 amide bonds. The minimum absolute atomic E-state index is 0.177. The third-order valence-corrected chi connectivity index (χ3v) is 3.70. The Kier molecular flexibility index (Phi) is 3.80. The Hall–Kier alpha value is -1.32. The predicted octanol–water partition coefficient (Wildman–Crippen LogP) is 0.0537. The molecular weight excluding hydrogens is 300 g/mol. The summed E-state index contributed by atoms with van der Waals surface area (Å²) in [4.78, 5) is 12.4. The van der Waals surface area contributed by atoms with Crippen molar-refractivity contribution in [2.75, 3.05) is 13.7 Å². The van der Waals surface area contributed by atoms with Crippen LogP contribution in [0.5, 0.6) is 0 Å². The fraction of sp³-hybridized carbons (Fsp3) is 0.583. The molecule has 0 aliphatic carbocycles. The van der Waals surface area contributed by atoms with Gasteiger partial charge in [-0.05, 0) is 6.92 Å². The van der Waals surface area contributed by atoms with Gasteiger partial charge in [0.2, 0.25) is 0 Å². The average Bonchev–Trinajstić information content (AvgIpc) is 2.96. The molecule has 4 atom stereocenters. The van der Waals surface area contributed by atoms with E-state index in [1.807, 2.05) is 0 Å². The quantitative estimate of drug-likeness (QED) is 0.772. The lowest BCUT2D eigenvalue weighted by atomic mass is 10.1. The first-order chi connectivity index (χ1) is 10.0. The van der Waals surface area contributed by atoms with Crippen LogP contribution in [-0.2, 0) is 9.47 Å². The van der Waals surface area contributed by atoms with Crippen molar-refractivity contribution in [1.29, 1.82) is 0 Å². The molecule has 1 aliphatic heterocycles. The summed E-state index contributed by atoms with van der Waals surface area (Å²) in [6.07, 6.45) is -2.13. The molecule has 114 valence electrons. The number of hydrogen-bond donors (Lipinski definition) is 2. The van der Waals surface area contributed by atoms with Gasteiger partial charge in [0.05, 0.1) is 12.9 Å². The molecule has 3 rings (SSSR count). The Bertz CT molecular complexity index is 664. The highest BCUT2D eigenvalue weighted by molar-refractivity contribution is 6.33. The molecule has 0 aromatic carbocycles. The Balaban J connectivity index is 2.01. The number of methoxy groups -OCH3 is 1. The van der Waals surface area contributed by atoms with Crippen LogP contribution in [0, 0.1) is 6.92 Å². The fourth-order valence-corrected chi connectivity index (χ4v) is 2.69. The van der Waals surface area contributed by atoms with Crippen LogP contribution in [0.15, 0.2) is 6.33 Å². The molecule has 0 radical (unpaired) electrons. The van der Waals surface area contributed by atoms with Crippen molar-refractivity contribution in [2.45, 2.75) is 31.5 Å². The van der Waals surface area contributed by atoms with Crippen molar-refractivity contribution in [3.05, 3.63) is 17.3 Å². The van der Waals surface area contributed by atoms with Crippen molar-refractivity contribution in [3.8, 4) is 0 Å². The van der Waals surface area contributed by atoms with Crippen molar-refractivity contribution in [1.82, 2.24) is 19.5 Å². The Morgan fingerprint density at radius 2 is 2.14 bits per heavy atom. The van der Waals surface area contributed by atoms with Crippen molar-refractivity contribution >= 4 is 22.8 Å². The number of ether oxygens (including phenoxy) is 2. The van der Waals surface area contributed by atoms with Gasteiger partial charge >= 0.3 is 0 Å². The van der Waals surface area contributed by atoms with E-state index in [2.05, 4.69) is 15.0 Å². The molecule has 1 saturated heterocycles. The van der Waals surface area contributed by atoms with Crippen LogP contribution in [0.2, 0.25) is 5.15 Å². The molecule has 1 aliphatic rings. The third kappa shape index (κ3) is 2.39. The van der Waals surface area contributed by atoms with Crippen LogP contribution in [0.4, 0.5) is 0 Å². The molecule has 8 nitrogen and oxygen atoms in total. The number of hydrogen-bond acceptors (Lipinski definition) is 7. The molecule has 2 aromatic rings. The van der Waals surface area contributed by atoms with Crippen LogP contribution in [-0.4, -0.2) is 61.8 Å².